The lowest BCUT2D eigenvalue weighted by molar-refractivity contribution is 0.146. The second kappa shape index (κ2) is 6.04. The van der Waals surface area contributed by atoms with Crippen LogP contribution in [0.5, 0.6) is 0 Å². The summed E-state index contributed by atoms with van der Waals surface area (Å²) in [7, 11) is 0. The van der Waals surface area contributed by atoms with Crippen LogP contribution in [0.1, 0.15) is 63.3 Å². The molecule has 0 aliphatic carbocycles. The number of alkyl halides is 2. The molecule has 1 atom stereocenters. The lowest BCUT2D eigenvalue weighted by Gasteiger charge is -2.16. The minimum Gasteiger partial charge on any atom is -0.210 e. The maximum atomic E-state index is 12.9. The molecular formula is C13H18F2N4. The molecule has 2 aromatic rings. The van der Waals surface area contributed by atoms with Gasteiger partial charge in [-0.05, 0) is 18.9 Å². The van der Waals surface area contributed by atoms with Gasteiger partial charge in [0, 0.05) is 5.92 Å². The molecule has 0 fully saturated rings. The summed E-state index contributed by atoms with van der Waals surface area (Å²) in [6, 6.07) is 1.47. The van der Waals surface area contributed by atoms with Crippen LogP contribution in [0.2, 0.25) is 0 Å². The second-order valence-corrected chi connectivity index (χ2v) is 4.63. The summed E-state index contributed by atoms with van der Waals surface area (Å²) >= 11 is 0. The lowest BCUT2D eigenvalue weighted by Crippen LogP contribution is -2.09. The van der Waals surface area contributed by atoms with Crippen molar-refractivity contribution in [2.45, 2.75) is 51.9 Å². The molecule has 6 heteroatoms. The molecule has 19 heavy (non-hydrogen) atoms. The Labute approximate surface area is 110 Å². The lowest BCUT2D eigenvalue weighted by atomic mass is 9.95. The molecule has 104 valence electrons. The molecule has 2 rings (SSSR count). The van der Waals surface area contributed by atoms with Crippen LogP contribution >= 0.6 is 0 Å². The third-order valence-electron chi connectivity index (χ3n) is 3.34. The van der Waals surface area contributed by atoms with Gasteiger partial charge in [-0.1, -0.05) is 26.7 Å². The fourth-order valence-electron chi connectivity index (χ4n) is 2.27. The van der Waals surface area contributed by atoms with Crippen LogP contribution in [0.15, 0.2) is 12.4 Å². The van der Waals surface area contributed by atoms with E-state index in [2.05, 4.69) is 28.9 Å². The standard InChI is InChI=1S/C13H18F2N4/c1-3-5-6-9(4-2)11-7-10(12(14)15)18-13-16-8-17-19(11)13/h7-9,12H,3-6H2,1-2H3. The first kappa shape index (κ1) is 13.8. The van der Waals surface area contributed by atoms with Gasteiger partial charge in [-0.25, -0.2) is 18.3 Å². The largest absolute Gasteiger partial charge is 0.280 e. The third-order valence-corrected chi connectivity index (χ3v) is 3.34. The van der Waals surface area contributed by atoms with E-state index in [1.54, 1.807) is 4.52 Å². The number of hydrogen-bond donors (Lipinski definition) is 0. The molecule has 0 saturated carbocycles. The van der Waals surface area contributed by atoms with Crippen molar-refractivity contribution in [2.75, 3.05) is 0 Å². The molecule has 2 aromatic heterocycles. The van der Waals surface area contributed by atoms with Crippen molar-refractivity contribution in [1.82, 2.24) is 19.6 Å². The Bertz CT molecular complexity index is 538. The number of fused-ring (bicyclic) bond motifs is 1. The van der Waals surface area contributed by atoms with E-state index in [1.165, 1.54) is 12.4 Å². The number of aromatic nitrogens is 4. The molecule has 0 radical (unpaired) electrons. The Morgan fingerprint density at radius 3 is 2.74 bits per heavy atom. The van der Waals surface area contributed by atoms with Gasteiger partial charge in [0.1, 0.15) is 12.0 Å². The van der Waals surface area contributed by atoms with Gasteiger partial charge in [-0.3, -0.25) is 0 Å². The van der Waals surface area contributed by atoms with Gasteiger partial charge in [0.25, 0.3) is 12.2 Å². The summed E-state index contributed by atoms with van der Waals surface area (Å²) < 4.78 is 27.3. The van der Waals surface area contributed by atoms with Crippen LogP contribution in [0.25, 0.3) is 5.78 Å². The molecule has 0 bridgehead atoms. The summed E-state index contributed by atoms with van der Waals surface area (Å²) in [6.07, 6.45) is 2.79. The van der Waals surface area contributed by atoms with Crippen LogP contribution in [0.3, 0.4) is 0 Å². The van der Waals surface area contributed by atoms with Crippen molar-refractivity contribution in [2.24, 2.45) is 0 Å². The number of unbranched alkanes of at least 4 members (excludes halogenated alkanes) is 1. The highest BCUT2D eigenvalue weighted by molar-refractivity contribution is 5.32. The highest BCUT2D eigenvalue weighted by atomic mass is 19.3. The maximum Gasteiger partial charge on any atom is 0.280 e. The Morgan fingerprint density at radius 1 is 1.32 bits per heavy atom. The van der Waals surface area contributed by atoms with Crippen molar-refractivity contribution in [3.8, 4) is 0 Å². The first-order valence-electron chi connectivity index (χ1n) is 6.66. The maximum absolute atomic E-state index is 12.9. The van der Waals surface area contributed by atoms with Crippen molar-refractivity contribution in [3.05, 3.63) is 23.8 Å². The van der Waals surface area contributed by atoms with E-state index < -0.39 is 6.43 Å². The van der Waals surface area contributed by atoms with Crippen molar-refractivity contribution in [1.29, 1.82) is 0 Å². The molecule has 0 N–H and O–H groups in total. The van der Waals surface area contributed by atoms with E-state index in [0.717, 1.165) is 31.4 Å². The molecule has 0 aliphatic rings. The summed E-state index contributed by atoms with van der Waals surface area (Å²) in [4.78, 5) is 7.76. The molecule has 0 saturated heterocycles. The van der Waals surface area contributed by atoms with Crippen LogP contribution in [0, 0.1) is 0 Å². The molecular weight excluding hydrogens is 250 g/mol. The normalized spacial score (nSPS) is 13.3. The molecule has 0 aromatic carbocycles. The quantitative estimate of drug-likeness (QED) is 0.801. The van der Waals surface area contributed by atoms with Gasteiger partial charge in [-0.2, -0.15) is 10.1 Å². The summed E-state index contributed by atoms with van der Waals surface area (Å²) in [5, 5.41) is 4.09. The second-order valence-electron chi connectivity index (χ2n) is 4.63. The van der Waals surface area contributed by atoms with Gasteiger partial charge in [0.05, 0.1) is 5.69 Å². The molecule has 4 nitrogen and oxygen atoms in total. The predicted octanol–water partition coefficient (Wildman–Crippen LogP) is 3.75. The van der Waals surface area contributed by atoms with Gasteiger partial charge < -0.3 is 0 Å². The zero-order valence-electron chi connectivity index (χ0n) is 11.2. The topological polar surface area (TPSA) is 43.1 Å². The average Bonchev–Trinajstić information content (AvgIpc) is 2.87. The van der Waals surface area contributed by atoms with E-state index in [0.29, 0.717) is 0 Å². The van der Waals surface area contributed by atoms with Crippen LogP contribution in [0.4, 0.5) is 8.78 Å². The van der Waals surface area contributed by atoms with Crippen LogP contribution < -0.4 is 0 Å². The zero-order valence-corrected chi connectivity index (χ0v) is 11.2. The Morgan fingerprint density at radius 2 is 2.11 bits per heavy atom. The summed E-state index contributed by atoms with van der Waals surface area (Å²) in [6.45, 7) is 4.18. The number of halogens is 2. The number of hydrogen-bond acceptors (Lipinski definition) is 3. The third kappa shape index (κ3) is 2.88. The number of rotatable bonds is 6. The minimum absolute atomic E-state index is 0.213. The molecule has 0 aliphatic heterocycles. The highest BCUT2D eigenvalue weighted by Gasteiger charge is 2.19. The Kier molecular flexibility index (Phi) is 4.39. The minimum atomic E-state index is -2.58. The van der Waals surface area contributed by atoms with Gasteiger partial charge in [-0.15, -0.1) is 0 Å². The average molecular weight is 268 g/mol. The van der Waals surface area contributed by atoms with Crippen molar-refractivity contribution in [3.63, 3.8) is 0 Å². The summed E-state index contributed by atoms with van der Waals surface area (Å²) in [5.74, 6) is 0.465. The first-order chi connectivity index (χ1) is 9.17. The highest BCUT2D eigenvalue weighted by Crippen LogP contribution is 2.28. The zero-order chi connectivity index (χ0) is 13.8. The molecule has 0 amide bonds. The van der Waals surface area contributed by atoms with E-state index >= 15 is 0 Å². The van der Waals surface area contributed by atoms with E-state index in [1.807, 2.05) is 0 Å². The monoisotopic (exact) mass is 268 g/mol. The Hall–Kier alpha value is -1.59. The van der Waals surface area contributed by atoms with Crippen molar-refractivity contribution < 1.29 is 8.78 Å². The molecule has 1 unspecified atom stereocenters. The van der Waals surface area contributed by atoms with Crippen molar-refractivity contribution >= 4 is 5.78 Å². The van der Waals surface area contributed by atoms with Gasteiger partial charge >= 0.3 is 0 Å². The fourth-order valence-corrected chi connectivity index (χ4v) is 2.27. The van der Waals surface area contributed by atoms with E-state index in [9.17, 15) is 8.78 Å². The van der Waals surface area contributed by atoms with Crippen LogP contribution in [-0.2, 0) is 0 Å². The number of nitrogens with zero attached hydrogens (tertiary/aromatic N) is 4. The predicted molar refractivity (Wildman–Crippen MR) is 68.3 cm³/mol. The smallest absolute Gasteiger partial charge is 0.210 e. The fraction of sp³-hybridized carbons (Fsp3) is 0.615. The first-order valence-corrected chi connectivity index (χ1v) is 6.66. The summed E-state index contributed by atoms with van der Waals surface area (Å²) in [5.41, 5.74) is 0.569. The van der Waals surface area contributed by atoms with Crippen LogP contribution in [-0.4, -0.2) is 19.6 Å². The van der Waals surface area contributed by atoms with E-state index in [4.69, 9.17) is 0 Å². The van der Waals surface area contributed by atoms with Gasteiger partial charge in [0.15, 0.2) is 0 Å². The molecule has 2 heterocycles. The van der Waals surface area contributed by atoms with Gasteiger partial charge in [0.2, 0.25) is 0 Å². The van der Waals surface area contributed by atoms with E-state index in [-0.39, 0.29) is 17.4 Å². The SMILES string of the molecule is CCCCC(CC)c1cc(C(F)F)nc2ncnn12. The Balaban J connectivity index is 2.46. The molecule has 0 spiro atoms.